The Hall–Kier alpha value is -2.99. The van der Waals surface area contributed by atoms with Gasteiger partial charge < -0.3 is 10.1 Å². The summed E-state index contributed by atoms with van der Waals surface area (Å²) in [6.45, 7) is 4.31. The van der Waals surface area contributed by atoms with E-state index >= 15 is 0 Å². The van der Waals surface area contributed by atoms with Crippen molar-refractivity contribution in [3.05, 3.63) is 83.6 Å². The molecule has 0 spiro atoms. The van der Waals surface area contributed by atoms with Crippen LogP contribution in [0.4, 0.5) is 4.39 Å². The van der Waals surface area contributed by atoms with Crippen molar-refractivity contribution in [2.45, 2.75) is 6.54 Å². The summed E-state index contributed by atoms with van der Waals surface area (Å²) in [4.78, 5) is 16.6. The Morgan fingerprint density at radius 2 is 2.08 bits per heavy atom. The zero-order valence-corrected chi connectivity index (χ0v) is 14.8. The van der Waals surface area contributed by atoms with Crippen molar-refractivity contribution in [1.29, 1.82) is 0 Å². The molecule has 0 fully saturated rings. The van der Waals surface area contributed by atoms with Gasteiger partial charge in [0.2, 0.25) is 0 Å². The van der Waals surface area contributed by atoms with Crippen molar-refractivity contribution in [3.63, 3.8) is 0 Å². The Labute approximate surface area is 155 Å². The number of hydrogen-bond donors (Lipinski definition) is 1. The highest BCUT2D eigenvalue weighted by Gasteiger charge is 2.12. The minimum atomic E-state index is -0.326. The molecule has 1 amide bonds. The number of thiazole rings is 1. The third-order valence-corrected chi connectivity index (χ3v) is 4.44. The van der Waals surface area contributed by atoms with Gasteiger partial charge in [0.25, 0.3) is 5.91 Å². The Bertz CT molecular complexity index is 906. The van der Waals surface area contributed by atoms with E-state index in [9.17, 15) is 9.18 Å². The molecule has 0 unspecified atom stereocenters. The second kappa shape index (κ2) is 8.40. The van der Waals surface area contributed by atoms with Crippen LogP contribution in [0.1, 0.15) is 16.1 Å². The zero-order chi connectivity index (χ0) is 18.4. The van der Waals surface area contributed by atoms with Crippen LogP contribution in [0, 0.1) is 5.82 Å². The first-order chi connectivity index (χ1) is 12.7. The normalized spacial score (nSPS) is 10.3. The number of ether oxygens (including phenoxy) is 1. The number of carbonyl (C=O) groups excluding carboxylic acids is 1. The maximum atomic E-state index is 13.2. The van der Waals surface area contributed by atoms with Crippen molar-refractivity contribution >= 4 is 17.2 Å². The molecule has 3 rings (SSSR count). The average molecular weight is 368 g/mol. The van der Waals surface area contributed by atoms with E-state index in [1.54, 1.807) is 23.6 Å². The van der Waals surface area contributed by atoms with Gasteiger partial charge in [-0.25, -0.2) is 9.37 Å². The lowest BCUT2D eigenvalue weighted by molar-refractivity contribution is 0.0946. The van der Waals surface area contributed by atoms with Gasteiger partial charge in [0, 0.05) is 17.5 Å². The first-order valence-electron chi connectivity index (χ1n) is 7.98. The Kier molecular flexibility index (Phi) is 5.76. The predicted octanol–water partition coefficient (Wildman–Crippen LogP) is 4.44. The number of halogens is 1. The van der Waals surface area contributed by atoms with Crippen LogP contribution in [0.3, 0.4) is 0 Å². The monoisotopic (exact) mass is 368 g/mol. The number of carbonyl (C=O) groups is 1. The lowest BCUT2D eigenvalue weighted by Crippen LogP contribution is -2.23. The van der Waals surface area contributed by atoms with E-state index in [2.05, 4.69) is 16.9 Å². The van der Waals surface area contributed by atoms with E-state index in [0.29, 0.717) is 17.9 Å². The van der Waals surface area contributed by atoms with Crippen LogP contribution >= 0.6 is 11.3 Å². The van der Waals surface area contributed by atoms with E-state index in [1.165, 1.54) is 23.5 Å². The highest BCUT2D eigenvalue weighted by Crippen LogP contribution is 2.25. The zero-order valence-electron chi connectivity index (χ0n) is 13.9. The standard InChI is InChI=1S/C20H17FN2O2S/c1-2-10-25-17-8-6-15(7-9-17)20-23-18(13-26-20)19(24)22-12-14-4-3-5-16(21)11-14/h2-9,11,13H,1,10,12H2,(H,22,24). The second-order valence-corrected chi connectivity index (χ2v) is 6.33. The van der Waals surface area contributed by atoms with E-state index in [-0.39, 0.29) is 18.3 Å². The summed E-state index contributed by atoms with van der Waals surface area (Å²) >= 11 is 1.39. The first kappa shape index (κ1) is 17.8. The predicted molar refractivity (Wildman–Crippen MR) is 101 cm³/mol. The molecule has 1 aromatic heterocycles. The van der Waals surface area contributed by atoms with Gasteiger partial charge >= 0.3 is 0 Å². The molecule has 0 aliphatic rings. The van der Waals surface area contributed by atoms with E-state index in [4.69, 9.17) is 4.74 Å². The third kappa shape index (κ3) is 4.55. The van der Waals surface area contributed by atoms with Crippen molar-refractivity contribution < 1.29 is 13.9 Å². The van der Waals surface area contributed by atoms with Gasteiger partial charge in [-0.2, -0.15) is 0 Å². The summed E-state index contributed by atoms with van der Waals surface area (Å²) in [5.41, 5.74) is 1.95. The summed E-state index contributed by atoms with van der Waals surface area (Å²) in [5, 5.41) is 5.20. The molecule has 132 valence electrons. The molecule has 4 nitrogen and oxygen atoms in total. The molecule has 0 bridgehead atoms. The SMILES string of the molecule is C=CCOc1ccc(-c2nc(C(=O)NCc3cccc(F)c3)cs2)cc1. The van der Waals surface area contributed by atoms with Crippen LogP contribution in [-0.2, 0) is 6.54 Å². The molecule has 0 atom stereocenters. The minimum Gasteiger partial charge on any atom is -0.490 e. The molecule has 0 radical (unpaired) electrons. The lowest BCUT2D eigenvalue weighted by Gasteiger charge is -2.04. The van der Waals surface area contributed by atoms with Gasteiger partial charge in [-0.15, -0.1) is 11.3 Å². The number of rotatable bonds is 7. The van der Waals surface area contributed by atoms with Crippen LogP contribution in [0.2, 0.25) is 0 Å². The number of hydrogen-bond acceptors (Lipinski definition) is 4. The molecular weight excluding hydrogens is 351 g/mol. The Balaban J connectivity index is 1.63. The summed E-state index contributed by atoms with van der Waals surface area (Å²) in [5.74, 6) is 0.133. The summed E-state index contributed by atoms with van der Waals surface area (Å²) in [6, 6.07) is 13.6. The fourth-order valence-electron chi connectivity index (χ4n) is 2.28. The lowest BCUT2D eigenvalue weighted by atomic mass is 10.2. The number of amides is 1. The van der Waals surface area contributed by atoms with Crippen LogP contribution in [0.15, 0.2) is 66.6 Å². The molecule has 0 aliphatic carbocycles. The highest BCUT2D eigenvalue weighted by atomic mass is 32.1. The van der Waals surface area contributed by atoms with Crippen molar-refractivity contribution in [3.8, 4) is 16.3 Å². The number of nitrogens with one attached hydrogen (secondary N) is 1. The van der Waals surface area contributed by atoms with E-state index in [1.807, 2.05) is 24.3 Å². The highest BCUT2D eigenvalue weighted by molar-refractivity contribution is 7.13. The van der Waals surface area contributed by atoms with Crippen LogP contribution in [0.5, 0.6) is 5.75 Å². The van der Waals surface area contributed by atoms with Gasteiger partial charge in [-0.3, -0.25) is 4.79 Å². The molecule has 0 saturated carbocycles. The van der Waals surface area contributed by atoms with Gasteiger partial charge in [0.1, 0.15) is 28.9 Å². The first-order valence-corrected chi connectivity index (χ1v) is 8.86. The Morgan fingerprint density at radius 3 is 2.81 bits per heavy atom. The fraction of sp³-hybridized carbons (Fsp3) is 0.100. The van der Waals surface area contributed by atoms with Gasteiger partial charge in [0.05, 0.1) is 0 Å². The Morgan fingerprint density at radius 1 is 1.27 bits per heavy atom. The van der Waals surface area contributed by atoms with Crippen molar-refractivity contribution in [2.24, 2.45) is 0 Å². The topological polar surface area (TPSA) is 51.2 Å². The van der Waals surface area contributed by atoms with Crippen LogP contribution in [0.25, 0.3) is 10.6 Å². The third-order valence-electron chi connectivity index (χ3n) is 3.55. The van der Waals surface area contributed by atoms with Gasteiger partial charge in [-0.05, 0) is 42.0 Å². The summed E-state index contributed by atoms with van der Waals surface area (Å²) in [6.07, 6.45) is 1.68. The summed E-state index contributed by atoms with van der Waals surface area (Å²) in [7, 11) is 0. The van der Waals surface area contributed by atoms with Crippen LogP contribution < -0.4 is 10.1 Å². The van der Waals surface area contributed by atoms with E-state index in [0.717, 1.165) is 16.3 Å². The second-order valence-electron chi connectivity index (χ2n) is 5.47. The van der Waals surface area contributed by atoms with E-state index < -0.39 is 0 Å². The molecule has 2 aromatic carbocycles. The number of benzene rings is 2. The molecular formula is C20H17FN2O2S. The maximum Gasteiger partial charge on any atom is 0.271 e. The van der Waals surface area contributed by atoms with Gasteiger partial charge in [-0.1, -0.05) is 24.8 Å². The fourth-order valence-corrected chi connectivity index (χ4v) is 3.09. The smallest absolute Gasteiger partial charge is 0.271 e. The largest absolute Gasteiger partial charge is 0.490 e. The molecule has 6 heteroatoms. The maximum absolute atomic E-state index is 13.2. The van der Waals surface area contributed by atoms with Crippen molar-refractivity contribution in [1.82, 2.24) is 10.3 Å². The molecule has 26 heavy (non-hydrogen) atoms. The van der Waals surface area contributed by atoms with Crippen LogP contribution in [-0.4, -0.2) is 17.5 Å². The number of nitrogens with zero attached hydrogens (tertiary/aromatic N) is 1. The van der Waals surface area contributed by atoms with Gasteiger partial charge in [0.15, 0.2) is 0 Å². The molecule has 3 aromatic rings. The molecule has 1 N–H and O–H groups in total. The molecule has 1 heterocycles. The van der Waals surface area contributed by atoms with Crippen molar-refractivity contribution in [2.75, 3.05) is 6.61 Å². The quantitative estimate of drug-likeness (QED) is 0.627. The minimum absolute atomic E-state index is 0.249. The average Bonchev–Trinajstić information content (AvgIpc) is 3.15. The molecule has 0 aliphatic heterocycles. The number of aromatic nitrogens is 1. The molecule has 0 saturated heterocycles. The summed E-state index contributed by atoms with van der Waals surface area (Å²) < 4.78 is 18.6.